The number of thiocarbonyl (C=S) groups is 1. The van der Waals surface area contributed by atoms with Crippen molar-refractivity contribution in [1.29, 1.82) is 0 Å². The first-order valence-electron chi connectivity index (χ1n) is 7.28. The van der Waals surface area contributed by atoms with Crippen LogP contribution in [0, 0.1) is 0 Å². The lowest BCUT2D eigenvalue weighted by Gasteiger charge is -2.11. The van der Waals surface area contributed by atoms with Gasteiger partial charge in [0.2, 0.25) is 10.0 Å². The molecule has 0 radical (unpaired) electrons. The maximum atomic E-state index is 11.2. The second-order valence-corrected chi connectivity index (χ2v) is 6.92. The van der Waals surface area contributed by atoms with Crippen LogP contribution in [0.2, 0.25) is 0 Å². The van der Waals surface area contributed by atoms with Gasteiger partial charge in [0.25, 0.3) is 0 Å². The highest BCUT2D eigenvalue weighted by Gasteiger charge is 2.06. The minimum Gasteiger partial charge on any atom is -0.494 e. The molecule has 24 heavy (non-hydrogen) atoms. The molecule has 2 aromatic carbocycles. The van der Waals surface area contributed by atoms with E-state index < -0.39 is 10.0 Å². The summed E-state index contributed by atoms with van der Waals surface area (Å²) in [5, 5.41) is 11.6. The monoisotopic (exact) mass is 365 g/mol. The van der Waals surface area contributed by atoms with Gasteiger partial charge < -0.3 is 15.4 Å². The third-order valence-electron chi connectivity index (χ3n) is 3.13. The molecule has 8 heteroatoms. The molecular weight excluding hydrogens is 346 g/mol. The zero-order valence-corrected chi connectivity index (χ0v) is 14.8. The highest BCUT2D eigenvalue weighted by Crippen LogP contribution is 2.15. The van der Waals surface area contributed by atoms with Gasteiger partial charge in [-0.1, -0.05) is 12.1 Å². The summed E-state index contributed by atoms with van der Waals surface area (Å²) in [4.78, 5) is 0.0846. The number of nitrogens with two attached hydrogens (primary N) is 1. The molecular formula is C16H19N3O3S2. The predicted molar refractivity (Wildman–Crippen MR) is 98.5 cm³/mol. The van der Waals surface area contributed by atoms with Crippen molar-refractivity contribution in [1.82, 2.24) is 5.32 Å². The molecule has 0 spiro atoms. The first-order chi connectivity index (χ1) is 11.4. The van der Waals surface area contributed by atoms with E-state index in [1.54, 1.807) is 12.1 Å². The third-order valence-corrected chi connectivity index (χ3v) is 4.30. The summed E-state index contributed by atoms with van der Waals surface area (Å²) in [7, 11) is -3.67. The smallest absolute Gasteiger partial charge is 0.238 e. The minimum atomic E-state index is -3.67. The van der Waals surface area contributed by atoms with Crippen LogP contribution in [0.25, 0.3) is 0 Å². The van der Waals surface area contributed by atoms with E-state index in [2.05, 4.69) is 10.6 Å². The number of ether oxygens (including phenoxy) is 1. The molecule has 0 bridgehead atoms. The van der Waals surface area contributed by atoms with Gasteiger partial charge in [0.15, 0.2) is 5.11 Å². The number of nitrogens with one attached hydrogen (secondary N) is 2. The molecule has 0 atom stereocenters. The molecule has 0 aliphatic heterocycles. The normalized spacial score (nSPS) is 10.9. The van der Waals surface area contributed by atoms with Crippen molar-refractivity contribution in [2.45, 2.75) is 18.4 Å². The van der Waals surface area contributed by atoms with Crippen molar-refractivity contribution in [2.75, 3.05) is 11.9 Å². The van der Waals surface area contributed by atoms with Gasteiger partial charge >= 0.3 is 0 Å². The Morgan fingerprint density at radius 1 is 1.12 bits per heavy atom. The zero-order valence-electron chi connectivity index (χ0n) is 13.2. The molecule has 2 aromatic rings. The first kappa shape index (κ1) is 18.2. The van der Waals surface area contributed by atoms with Gasteiger partial charge in [-0.3, -0.25) is 0 Å². The summed E-state index contributed by atoms with van der Waals surface area (Å²) in [5.41, 5.74) is 1.73. The number of hydrogen-bond donors (Lipinski definition) is 3. The number of rotatable bonds is 6. The van der Waals surface area contributed by atoms with Gasteiger partial charge in [-0.2, -0.15) is 0 Å². The Labute approximate surface area is 147 Å². The van der Waals surface area contributed by atoms with Gasteiger partial charge in [-0.25, -0.2) is 13.6 Å². The molecule has 0 heterocycles. The van der Waals surface area contributed by atoms with Crippen LogP contribution in [0.15, 0.2) is 53.4 Å². The summed E-state index contributed by atoms with van der Waals surface area (Å²) in [6, 6.07) is 13.8. The Bertz CT molecular complexity index is 788. The van der Waals surface area contributed by atoms with E-state index in [-0.39, 0.29) is 4.90 Å². The Morgan fingerprint density at radius 3 is 2.29 bits per heavy atom. The number of benzene rings is 2. The van der Waals surface area contributed by atoms with Crippen molar-refractivity contribution in [3.8, 4) is 5.75 Å². The molecule has 4 N–H and O–H groups in total. The Kier molecular flexibility index (Phi) is 6.13. The molecule has 0 unspecified atom stereocenters. The minimum absolute atomic E-state index is 0.0846. The number of hydrogen-bond acceptors (Lipinski definition) is 4. The van der Waals surface area contributed by atoms with Gasteiger partial charge in [-0.15, -0.1) is 0 Å². The van der Waals surface area contributed by atoms with Crippen LogP contribution >= 0.6 is 12.2 Å². The van der Waals surface area contributed by atoms with Crippen LogP contribution < -0.4 is 20.5 Å². The predicted octanol–water partition coefficient (Wildman–Crippen LogP) is 2.22. The van der Waals surface area contributed by atoms with Crippen molar-refractivity contribution in [3.05, 3.63) is 54.1 Å². The highest BCUT2D eigenvalue weighted by atomic mass is 32.2. The Balaban J connectivity index is 1.86. The molecule has 0 aromatic heterocycles. The Hall–Kier alpha value is -2.16. The molecule has 0 saturated heterocycles. The van der Waals surface area contributed by atoms with Gasteiger partial charge in [0.1, 0.15) is 5.75 Å². The van der Waals surface area contributed by atoms with E-state index in [1.165, 1.54) is 12.1 Å². The van der Waals surface area contributed by atoms with Crippen molar-refractivity contribution in [3.63, 3.8) is 0 Å². The van der Waals surface area contributed by atoms with Crippen LogP contribution in [0.3, 0.4) is 0 Å². The summed E-state index contributed by atoms with van der Waals surface area (Å²) in [5.74, 6) is 0.803. The summed E-state index contributed by atoms with van der Waals surface area (Å²) >= 11 is 5.23. The van der Waals surface area contributed by atoms with Crippen LogP contribution in [-0.2, 0) is 16.6 Å². The lowest BCUT2D eigenvalue weighted by atomic mass is 10.2. The molecule has 0 saturated carbocycles. The number of sulfonamides is 1. The molecule has 0 aliphatic rings. The standard InChI is InChI=1S/C16H19N3O3S2/c1-2-22-14-7-5-13(6-8-14)19-16(23)18-11-12-3-9-15(10-4-12)24(17,20)21/h3-10H,2,11H2,1H3,(H2,17,20,21)(H2,18,19,23). The van der Waals surface area contributed by atoms with E-state index in [4.69, 9.17) is 22.1 Å². The van der Waals surface area contributed by atoms with Crippen LogP contribution in [0.4, 0.5) is 5.69 Å². The lowest BCUT2D eigenvalue weighted by Crippen LogP contribution is -2.27. The zero-order chi connectivity index (χ0) is 17.6. The van der Waals surface area contributed by atoms with Crippen LogP contribution in [0.5, 0.6) is 5.75 Å². The number of anilines is 1. The van der Waals surface area contributed by atoms with Gasteiger partial charge in [-0.05, 0) is 61.1 Å². The maximum Gasteiger partial charge on any atom is 0.238 e. The molecule has 128 valence electrons. The van der Waals surface area contributed by atoms with E-state index in [1.807, 2.05) is 31.2 Å². The van der Waals surface area contributed by atoms with Crippen molar-refractivity contribution >= 4 is 33.0 Å². The highest BCUT2D eigenvalue weighted by molar-refractivity contribution is 7.89. The molecule has 6 nitrogen and oxygen atoms in total. The average Bonchev–Trinajstić information content (AvgIpc) is 2.55. The topological polar surface area (TPSA) is 93.4 Å². The fourth-order valence-corrected chi connectivity index (χ4v) is 2.66. The molecule has 0 fully saturated rings. The summed E-state index contributed by atoms with van der Waals surface area (Å²) < 4.78 is 27.8. The Morgan fingerprint density at radius 2 is 1.75 bits per heavy atom. The second-order valence-electron chi connectivity index (χ2n) is 4.95. The van der Waals surface area contributed by atoms with Crippen molar-refractivity contribution < 1.29 is 13.2 Å². The van der Waals surface area contributed by atoms with Crippen molar-refractivity contribution in [2.24, 2.45) is 5.14 Å². The van der Waals surface area contributed by atoms with E-state index >= 15 is 0 Å². The largest absolute Gasteiger partial charge is 0.494 e. The molecule has 0 amide bonds. The second kappa shape index (κ2) is 8.09. The van der Waals surface area contributed by atoms with Gasteiger partial charge in [0.05, 0.1) is 11.5 Å². The first-order valence-corrected chi connectivity index (χ1v) is 9.23. The fourth-order valence-electron chi connectivity index (χ4n) is 1.96. The number of primary sulfonamides is 1. The molecule has 0 aliphatic carbocycles. The van der Waals surface area contributed by atoms with Crippen LogP contribution in [0.1, 0.15) is 12.5 Å². The quantitative estimate of drug-likeness (QED) is 0.680. The molecule has 2 rings (SSSR count). The van der Waals surface area contributed by atoms with Gasteiger partial charge in [0, 0.05) is 12.2 Å². The SMILES string of the molecule is CCOc1ccc(NC(=S)NCc2ccc(S(N)(=O)=O)cc2)cc1. The summed E-state index contributed by atoms with van der Waals surface area (Å²) in [6.45, 7) is 3.02. The summed E-state index contributed by atoms with van der Waals surface area (Å²) in [6.07, 6.45) is 0. The van der Waals surface area contributed by atoms with Crippen LogP contribution in [-0.4, -0.2) is 20.1 Å². The van der Waals surface area contributed by atoms with E-state index in [0.29, 0.717) is 18.3 Å². The van der Waals surface area contributed by atoms with E-state index in [9.17, 15) is 8.42 Å². The third kappa shape index (κ3) is 5.48. The van der Waals surface area contributed by atoms with E-state index in [0.717, 1.165) is 17.0 Å². The lowest BCUT2D eigenvalue weighted by molar-refractivity contribution is 0.340. The fraction of sp³-hybridized carbons (Fsp3) is 0.188. The maximum absolute atomic E-state index is 11.2. The average molecular weight is 365 g/mol.